The van der Waals surface area contributed by atoms with E-state index in [1.807, 2.05) is 6.92 Å². The van der Waals surface area contributed by atoms with Gasteiger partial charge in [-0.1, -0.05) is 13.3 Å². The van der Waals surface area contributed by atoms with Crippen LogP contribution in [0.3, 0.4) is 0 Å². The fraction of sp³-hybridized carbons (Fsp3) is 0.385. The van der Waals surface area contributed by atoms with Crippen LogP contribution in [0.4, 0.5) is 18.9 Å². The van der Waals surface area contributed by atoms with E-state index in [0.29, 0.717) is 6.54 Å². The summed E-state index contributed by atoms with van der Waals surface area (Å²) < 4.78 is 39.0. The number of guanidine groups is 1. The lowest BCUT2D eigenvalue weighted by molar-refractivity contribution is -0.114. The van der Waals surface area contributed by atoms with Crippen molar-refractivity contribution in [3.8, 4) is 0 Å². The fourth-order valence-electron chi connectivity index (χ4n) is 1.42. The van der Waals surface area contributed by atoms with Crippen LogP contribution in [0.1, 0.15) is 19.8 Å². The Bertz CT molecular complexity index is 540. The molecule has 124 valence electrons. The highest BCUT2D eigenvalue weighted by atomic mass is 127. The minimum absolute atomic E-state index is 0. The van der Waals surface area contributed by atoms with Crippen LogP contribution in [0.2, 0.25) is 0 Å². The summed E-state index contributed by atoms with van der Waals surface area (Å²) in [6.07, 6.45) is 1.89. The van der Waals surface area contributed by atoms with Gasteiger partial charge in [0.25, 0.3) is 0 Å². The van der Waals surface area contributed by atoms with Gasteiger partial charge in [0.2, 0.25) is 5.91 Å². The van der Waals surface area contributed by atoms with Gasteiger partial charge < -0.3 is 16.4 Å². The Balaban J connectivity index is 0.00000441. The number of nitrogens with two attached hydrogens (primary N) is 1. The number of anilines is 1. The molecule has 1 amide bonds. The molecule has 0 bridgehead atoms. The van der Waals surface area contributed by atoms with Crippen LogP contribution in [0, 0.1) is 17.5 Å². The van der Waals surface area contributed by atoms with Crippen molar-refractivity contribution in [1.29, 1.82) is 0 Å². The molecule has 0 unspecified atom stereocenters. The molecule has 4 N–H and O–H groups in total. The molecule has 0 aliphatic rings. The van der Waals surface area contributed by atoms with Crippen molar-refractivity contribution < 1.29 is 18.0 Å². The first-order valence-corrected chi connectivity index (χ1v) is 6.42. The third-order valence-electron chi connectivity index (χ3n) is 2.54. The lowest BCUT2D eigenvalue weighted by Crippen LogP contribution is -2.33. The van der Waals surface area contributed by atoms with E-state index in [-0.39, 0.29) is 36.5 Å². The van der Waals surface area contributed by atoms with Gasteiger partial charge in [-0.05, 0) is 18.6 Å². The Morgan fingerprint density at radius 3 is 2.59 bits per heavy atom. The Labute approximate surface area is 143 Å². The van der Waals surface area contributed by atoms with Gasteiger partial charge in [-0.2, -0.15) is 0 Å². The highest BCUT2D eigenvalue weighted by Gasteiger charge is 2.14. The van der Waals surface area contributed by atoms with Gasteiger partial charge in [0.15, 0.2) is 23.4 Å². The summed E-state index contributed by atoms with van der Waals surface area (Å²) in [5.74, 6) is -5.03. The Morgan fingerprint density at radius 2 is 1.95 bits per heavy atom. The minimum atomic E-state index is -1.64. The summed E-state index contributed by atoms with van der Waals surface area (Å²) in [4.78, 5) is 15.3. The van der Waals surface area contributed by atoms with Crippen LogP contribution < -0.4 is 16.4 Å². The third-order valence-corrected chi connectivity index (χ3v) is 2.54. The molecule has 1 aromatic carbocycles. The number of rotatable bonds is 6. The van der Waals surface area contributed by atoms with E-state index in [1.54, 1.807) is 0 Å². The maximum atomic E-state index is 13.3. The maximum absolute atomic E-state index is 13.3. The van der Waals surface area contributed by atoms with Gasteiger partial charge in [-0.3, -0.25) is 4.79 Å². The monoisotopic (exact) mass is 430 g/mol. The largest absolute Gasteiger partial charge is 0.370 e. The molecule has 0 heterocycles. The number of nitrogens with zero attached hydrogens (tertiary/aromatic N) is 1. The fourth-order valence-corrected chi connectivity index (χ4v) is 1.42. The van der Waals surface area contributed by atoms with Crippen LogP contribution in [-0.4, -0.2) is 25.0 Å². The summed E-state index contributed by atoms with van der Waals surface area (Å²) in [6, 6.07) is 1.65. The zero-order valence-electron chi connectivity index (χ0n) is 12.0. The zero-order valence-corrected chi connectivity index (χ0v) is 14.3. The molecule has 22 heavy (non-hydrogen) atoms. The zero-order chi connectivity index (χ0) is 15.8. The number of nitrogens with one attached hydrogen (secondary N) is 2. The van der Waals surface area contributed by atoms with E-state index >= 15 is 0 Å². The van der Waals surface area contributed by atoms with Crippen LogP contribution >= 0.6 is 24.0 Å². The first-order valence-electron chi connectivity index (χ1n) is 6.42. The molecular formula is C13H18F3IN4O. The number of hydrogen-bond donors (Lipinski definition) is 3. The van der Waals surface area contributed by atoms with E-state index in [0.717, 1.165) is 25.0 Å². The molecule has 0 fully saturated rings. The summed E-state index contributed by atoms with van der Waals surface area (Å²) >= 11 is 0. The van der Waals surface area contributed by atoms with E-state index in [4.69, 9.17) is 5.73 Å². The molecule has 0 aromatic heterocycles. The maximum Gasteiger partial charge on any atom is 0.246 e. The van der Waals surface area contributed by atoms with Crippen molar-refractivity contribution in [2.24, 2.45) is 10.7 Å². The van der Waals surface area contributed by atoms with Gasteiger partial charge >= 0.3 is 0 Å². The summed E-state index contributed by atoms with van der Waals surface area (Å²) in [5.41, 5.74) is 5.05. The second-order valence-corrected chi connectivity index (χ2v) is 4.25. The molecular weight excluding hydrogens is 412 g/mol. The van der Waals surface area contributed by atoms with Crippen LogP contribution in [0.25, 0.3) is 0 Å². The second kappa shape index (κ2) is 10.2. The number of halogens is 4. The SMILES string of the molecule is CCCCNC(N)=NCC(=O)Nc1ccc(F)c(F)c1F.I. The van der Waals surface area contributed by atoms with Crippen LogP contribution in [-0.2, 0) is 4.79 Å². The molecule has 0 saturated heterocycles. The number of amides is 1. The molecule has 1 rings (SSSR count). The molecule has 0 radical (unpaired) electrons. The van der Waals surface area contributed by atoms with E-state index < -0.39 is 29.0 Å². The molecule has 1 aromatic rings. The second-order valence-electron chi connectivity index (χ2n) is 4.25. The van der Waals surface area contributed by atoms with Gasteiger partial charge in [0.05, 0.1) is 5.69 Å². The van der Waals surface area contributed by atoms with Crippen molar-refractivity contribution in [1.82, 2.24) is 5.32 Å². The molecule has 0 saturated carbocycles. The van der Waals surface area contributed by atoms with E-state index in [2.05, 4.69) is 15.6 Å². The van der Waals surface area contributed by atoms with Crippen molar-refractivity contribution >= 4 is 41.5 Å². The van der Waals surface area contributed by atoms with Crippen molar-refractivity contribution in [3.63, 3.8) is 0 Å². The average Bonchev–Trinajstić information content (AvgIpc) is 2.46. The van der Waals surface area contributed by atoms with Gasteiger partial charge in [0, 0.05) is 6.54 Å². The predicted molar refractivity (Wildman–Crippen MR) is 89.8 cm³/mol. The summed E-state index contributed by atoms with van der Waals surface area (Å²) in [6.45, 7) is 2.29. The van der Waals surface area contributed by atoms with E-state index in [1.165, 1.54) is 0 Å². The third kappa shape index (κ3) is 6.50. The standard InChI is InChI=1S/C13H17F3N4O.HI/c1-2-3-6-18-13(17)19-7-10(21)20-9-5-4-8(14)11(15)12(9)16;/h4-5H,2-3,6-7H2,1H3,(H,20,21)(H3,17,18,19);1H. The first kappa shape index (κ1) is 20.5. The van der Waals surface area contributed by atoms with Crippen LogP contribution in [0.15, 0.2) is 17.1 Å². The highest BCUT2D eigenvalue weighted by Crippen LogP contribution is 2.19. The lowest BCUT2D eigenvalue weighted by Gasteiger charge is -2.07. The van der Waals surface area contributed by atoms with E-state index in [9.17, 15) is 18.0 Å². The Kier molecular flexibility index (Phi) is 9.54. The number of unbranched alkanes of at least 4 members (excludes halogenated alkanes) is 1. The van der Waals surface area contributed by atoms with Crippen molar-refractivity contribution in [2.45, 2.75) is 19.8 Å². The molecule has 0 atom stereocenters. The number of aliphatic imine (C=N–C) groups is 1. The topological polar surface area (TPSA) is 79.5 Å². The summed E-state index contributed by atoms with van der Waals surface area (Å²) in [7, 11) is 0. The van der Waals surface area contributed by atoms with Gasteiger partial charge in [-0.15, -0.1) is 24.0 Å². The highest BCUT2D eigenvalue weighted by molar-refractivity contribution is 14.0. The molecule has 0 aliphatic carbocycles. The number of hydrogen-bond acceptors (Lipinski definition) is 2. The minimum Gasteiger partial charge on any atom is -0.370 e. The number of benzene rings is 1. The molecule has 5 nitrogen and oxygen atoms in total. The lowest BCUT2D eigenvalue weighted by atomic mass is 10.3. The molecule has 9 heteroatoms. The normalized spacial score (nSPS) is 10.8. The van der Waals surface area contributed by atoms with Crippen molar-refractivity contribution in [3.05, 3.63) is 29.6 Å². The molecule has 0 aliphatic heterocycles. The van der Waals surface area contributed by atoms with Crippen LogP contribution in [0.5, 0.6) is 0 Å². The average molecular weight is 430 g/mol. The smallest absolute Gasteiger partial charge is 0.246 e. The predicted octanol–water partition coefficient (Wildman–Crippen LogP) is 2.36. The summed E-state index contributed by atoms with van der Waals surface area (Å²) in [5, 5.41) is 4.88. The van der Waals surface area contributed by atoms with Gasteiger partial charge in [-0.25, -0.2) is 18.2 Å². The quantitative estimate of drug-likeness (QED) is 0.213. The Hall–Kier alpha value is -1.52. The first-order chi connectivity index (χ1) is 9.95. The molecule has 0 spiro atoms. The number of carbonyl (C=O) groups excluding carboxylic acids is 1. The van der Waals surface area contributed by atoms with Gasteiger partial charge in [0.1, 0.15) is 6.54 Å². The number of carbonyl (C=O) groups is 1. The van der Waals surface area contributed by atoms with Crippen molar-refractivity contribution in [2.75, 3.05) is 18.4 Å². The Morgan fingerprint density at radius 1 is 1.27 bits per heavy atom.